The van der Waals surface area contributed by atoms with Crippen LogP contribution in [0, 0.1) is 13.8 Å². The van der Waals surface area contributed by atoms with Crippen molar-refractivity contribution in [3.63, 3.8) is 0 Å². The maximum absolute atomic E-state index is 11.9. The molecule has 0 aliphatic rings. The van der Waals surface area contributed by atoms with Crippen molar-refractivity contribution >= 4 is 21.6 Å². The van der Waals surface area contributed by atoms with Crippen LogP contribution in [0.25, 0.3) is 0 Å². The van der Waals surface area contributed by atoms with Crippen LogP contribution in [0.3, 0.4) is 0 Å². The molecule has 2 aromatic rings. The summed E-state index contributed by atoms with van der Waals surface area (Å²) in [6, 6.07) is 5.94. The third kappa shape index (κ3) is 4.08. The summed E-state index contributed by atoms with van der Waals surface area (Å²) in [5.74, 6) is 0.514. The number of aryl methyl sites for hydroxylation is 2. The number of anilines is 1. The topological polar surface area (TPSA) is 101 Å². The van der Waals surface area contributed by atoms with E-state index in [9.17, 15) is 13.2 Å². The van der Waals surface area contributed by atoms with E-state index in [1.54, 1.807) is 25.1 Å². The number of nitrogens with zero attached hydrogens (tertiary/aromatic N) is 1. The van der Waals surface area contributed by atoms with Crippen LogP contribution in [0.1, 0.15) is 17.0 Å². The molecule has 0 saturated carbocycles. The largest absolute Gasteiger partial charge is 0.359 e. The monoisotopic (exact) mass is 323 g/mol. The Labute approximate surface area is 128 Å². The second-order valence-electron chi connectivity index (χ2n) is 5.01. The van der Waals surface area contributed by atoms with Gasteiger partial charge in [-0.15, -0.1) is 0 Å². The third-order valence-electron chi connectivity index (χ3n) is 2.88. The second kappa shape index (κ2) is 6.18. The van der Waals surface area contributed by atoms with Crippen LogP contribution in [-0.2, 0) is 16.4 Å². The van der Waals surface area contributed by atoms with Gasteiger partial charge in [-0.1, -0.05) is 11.2 Å². The average molecular weight is 323 g/mol. The van der Waals surface area contributed by atoms with Gasteiger partial charge in [0.1, 0.15) is 0 Å². The molecule has 0 spiro atoms. The van der Waals surface area contributed by atoms with E-state index in [0.29, 0.717) is 5.76 Å². The Bertz CT molecular complexity index is 796. The van der Waals surface area contributed by atoms with Crippen LogP contribution in [0.5, 0.6) is 0 Å². The third-order valence-corrected chi connectivity index (χ3v) is 4.04. The van der Waals surface area contributed by atoms with E-state index < -0.39 is 15.9 Å². The van der Waals surface area contributed by atoms with Crippen molar-refractivity contribution in [1.29, 1.82) is 0 Å². The zero-order valence-electron chi connectivity index (χ0n) is 12.5. The highest BCUT2D eigenvalue weighted by atomic mass is 32.2. The SMILES string of the molecule is Cc1ccc(S(C)(=O)=O)c(NC(=O)NCc2cc(C)no2)c1. The Morgan fingerprint density at radius 2 is 2.00 bits per heavy atom. The van der Waals surface area contributed by atoms with E-state index in [2.05, 4.69) is 15.8 Å². The van der Waals surface area contributed by atoms with E-state index in [1.807, 2.05) is 6.92 Å². The molecule has 22 heavy (non-hydrogen) atoms. The van der Waals surface area contributed by atoms with Gasteiger partial charge in [0.05, 0.1) is 22.8 Å². The fraction of sp³-hybridized carbons (Fsp3) is 0.286. The van der Waals surface area contributed by atoms with Gasteiger partial charge in [-0.05, 0) is 31.5 Å². The highest BCUT2D eigenvalue weighted by molar-refractivity contribution is 7.90. The van der Waals surface area contributed by atoms with Gasteiger partial charge in [-0.3, -0.25) is 0 Å². The predicted octanol–water partition coefficient (Wildman–Crippen LogP) is 2.02. The van der Waals surface area contributed by atoms with Crippen molar-refractivity contribution in [1.82, 2.24) is 10.5 Å². The number of hydrogen-bond donors (Lipinski definition) is 2. The summed E-state index contributed by atoms with van der Waals surface area (Å²) in [6.45, 7) is 3.75. The average Bonchev–Trinajstić information content (AvgIpc) is 2.81. The number of benzene rings is 1. The van der Waals surface area contributed by atoms with Crippen LogP contribution in [0.15, 0.2) is 33.7 Å². The molecule has 0 fully saturated rings. The molecule has 0 radical (unpaired) electrons. The summed E-state index contributed by atoms with van der Waals surface area (Å²) in [7, 11) is -3.43. The molecule has 2 rings (SSSR count). The fourth-order valence-electron chi connectivity index (χ4n) is 1.90. The number of urea groups is 1. The van der Waals surface area contributed by atoms with Crippen LogP contribution in [-0.4, -0.2) is 25.9 Å². The Hall–Kier alpha value is -2.35. The minimum absolute atomic E-state index is 0.0729. The quantitative estimate of drug-likeness (QED) is 0.896. The molecular weight excluding hydrogens is 306 g/mol. The molecule has 1 aromatic heterocycles. The molecule has 8 heteroatoms. The number of nitrogens with one attached hydrogen (secondary N) is 2. The smallest absolute Gasteiger partial charge is 0.319 e. The van der Waals surface area contributed by atoms with Gasteiger partial charge in [0.2, 0.25) is 0 Å². The van der Waals surface area contributed by atoms with E-state index in [1.165, 1.54) is 6.07 Å². The van der Waals surface area contributed by atoms with Crippen LogP contribution < -0.4 is 10.6 Å². The normalized spacial score (nSPS) is 11.2. The number of carbonyl (C=O) groups is 1. The lowest BCUT2D eigenvalue weighted by Crippen LogP contribution is -2.28. The summed E-state index contributed by atoms with van der Waals surface area (Å²) < 4.78 is 28.4. The summed E-state index contributed by atoms with van der Waals surface area (Å²) in [5, 5.41) is 8.83. The maximum Gasteiger partial charge on any atom is 0.319 e. The maximum atomic E-state index is 11.9. The number of aromatic nitrogens is 1. The molecular formula is C14H17N3O4S. The zero-order valence-corrected chi connectivity index (χ0v) is 13.3. The molecule has 0 saturated heterocycles. The van der Waals surface area contributed by atoms with Gasteiger partial charge >= 0.3 is 6.03 Å². The molecule has 0 atom stereocenters. The van der Waals surface area contributed by atoms with Crippen molar-refractivity contribution in [2.45, 2.75) is 25.3 Å². The molecule has 7 nitrogen and oxygen atoms in total. The minimum atomic E-state index is -3.43. The zero-order chi connectivity index (χ0) is 16.3. The molecule has 2 amide bonds. The number of amides is 2. The fourth-order valence-corrected chi connectivity index (χ4v) is 2.72. The van der Waals surface area contributed by atoms with Crippen molar-refractivity contribution in [2.75, 3.05) is 11.6 Å². The van der Waals surface area contributed by atoms with E-state index in [4.69, 9.17) is 4.52 Å². The molecule has 0 aliphatic heterocycles. The highest BCUT2D eigenvalue weighted by Crippen LogP contribution is 2.22. The predicted molar refractivity (Wildman–Crippen MR) is 81.4 cm³/mol. The van der Waals surface area contributed by atoms with Gasteiger partial charge in [0.15, 0.2) is 15.6 Å². The van der Waals surface area contributed by atoms with Crippen molar-refractivity contribution in [3.05, 3.63) is 41.3 Å². The van der Waals surface area contributed by atoms with Crippen molar-refractivity contribution < 1.29 is 17.7 Å². The lowest BCUT2D eigenvalue weighted by molar-refractivity contribution is 0.250. The number of rotatable bonds is 4. The van der Waals surface area contributed by atoms with Gasteiger partial charge in [-0.2, -0.15) is 0 Å². The Morgan fingerprint density at radius 1 is 1.27 bits per heavy atom. The van der Waals surface area contributed by atoms with Crippen LogP contribution >= 0.6 is 0 Å². The van der Waals surface area contributed by atoms with Gasteiger partial charge < -0.3 is 15.2 Å². The summed E-state index contributed by atoms with van der Waals surface area (Å²) >= 11 is 0. The van der Waals surface area contributed by atoms with E-state index in [-0.39, 0.29) is 17.1 Å². The first-order valence-corrected chi connectivity index (χ1v) is 8.42. The summed E-state index contributed by atoms with van der Waals surface area (Å²) in [4.78, 5) is 12.0. The lowest BCUT2D eigenvalue weighted by Gasteiger charge is -2.11. The number of carbonyl (C=O) groups excluding carboxylic acids is 1. The van der Waals surface area contributed by atoms with E-state index in [0.717, 1.165) is 17.5 Å². The molecule has 1 heterocycles. The van der Waals surface area contributed by atoms with E-state index >= 15 is 0 Å². The standard InChI is InChI=1S/C14H17N3O4S/c1-9-4-5-13(22(3,19)20)12(6-9)16-14(18)15-8-11-7-10(2)17-21-11/h4-7H,8H2,1-3H3,(H2,15,16,18). The molecule has 1 aromatic carbocycles. The summed E-state index contributed by atoms with van der Waals surface area (Å²) in [6.07, 6.45) is 1.10. The molecule has 118 valence electrons. The Morgan fingerprint density at radius 3 is 2.59 bits per heavy atom. The van der Waals surface area contributed by atoms with Gasteiger partial charge in [0, 0.05) is 12.3 Å². The first kappa shape index (κ1) is 16.0. The van der Waals surface area contributed by atoms with Gasteiger partial charge in [0.25, 0.3) is 0 Å². The number of sulfone groups is 1. The molecule has 0 bridgehead atoms. The molecule has 0 unspecified atom stereocenters. The lowest BCUT2D eigenvalue weighted by atomic mass is 10.2. The summed E-state index contributed by atoms with van der Waals surface area (Å²) in [5.41, 5.74) is 1.80. The second-order valence-corrected chi connectivity index (χ2v) is 7.00. The van der Waals surface area contributed by atoms with Crippen LogP contribution in [0.4, 0.5) is 10.5 Å². The highest BCUT2D eigenvalue weighted by Gasteiger charge is 2.15. The Kier molecular flexibility index (Phi) is 4.51. The number of hydrogen-bond acceptors (Lipinski definition) is 5. The molecule has 2 N–H and O–H groups in total. The Balaban J connectivity index is 2.09. The van der Waals surface area contributed by atoms with Gasteiger partial charge in [-0.25, -0.2) is 13.2 Å². The first-order valence-electron chi connectivity index (χ1n) is 6.53. The molecule has 0 aliphatic carbocycles. The van der Waals surface area contributed by atoms with Crippen molar-refractivity contribution in [2.24, 2.45) is 0 Å². The minimum Gasteiger partial charge on any atom is -0.359 e. The van der Waals surface area contributed by atoms with Crippen molar-refractivity contribution in [3.8, 4) is 0 Å². The van der Waals surface area contributed by atoms with Crippen LogP contribution in [0.2, 0.25) is 0 Å². The first-order chi connectivity index (χ1) is 10.3.